The van der Waals surface area contributed by atoms with Crippen molar-refractivity contribution in [3.05, 3.63) is 83.4 Å². The summed E-state index contributed by atoms with van der Waals surface area (Å²) in [4.78, 5) is 30.2. The molecule has 2 N–H and O–H groups in total. The summed E-state index contributed by atoms with van der Waals surface area (Å²) in [5.74, 6) is 0.299. The number of methoxy groups -OCH3 is 1. The summed E-state index contributed by atoms with van der Waals surface area (Å²) >= 11 is 0. The van der Waals surface area contributed by atoms with Crippen molar-refractivity contribution in [3.8, 4) is 5.75 Å². The molecule has 7 nitrogen and oxygen atoms in total. The minimum absolute atomic E-state index is 0.0543. The van der Waals surface area contributed by atoms with Crippen LogP contribution in [0.4, 0.5) is 17.1 Å². The van der Waals surface area contributed by atoms with E-state index in [1.54, 1.807) is 43.5 Å². The fourth-order valence-corrected chi connectivity index (χ4v) is 4.49. The van der Waals surface area contributed by atoms with Crippen molar-refractivity contribution in [2.24, 2.45) is 0 Å². The highest BCUT2D eigenvalue weighted by molar-refractivity contribution is 6.05. The van der Waals surface area contributed by atoms with Crippen LogP contribution >= 0.6 is 0 Å². The first kappa shape index (κ1) is 25.3. The van der Waals surface area contributed by atoms with E-state index in [0.29, 0.717) is 22.7 Å². The number of para-hydroxylation sites is 2. The van der Waals surface area contributed by atoms with Crippen LogP contribution in [0, 0.1) is 13.8 Å². The number of ether oxygens (including phenoxy) is 1. The zero-order valence-electron chi connectivity index (χ0n) is 21.4. The van der Waals surface area contributed by atoms with Crippen molar-refractivity contribution in [1.82, 2.24) is 4.90 Å². The van der Waals surface area contributed by atoms with E-state index < -0.39 is 0 Å². The maximum atomic E-state index is 12.9. The van der Waals surface area contributed by atoms with Gasteiger partial charge in [0.2, 0.25) is 5.91 Å². The molecule has 1 aliphatic heterocycles. The zero-order valence-corrected chi connectivity index (χ0v) is 21.4. The summed E-state index contributed by atoms with van der Waals surface area (Å²) in [6, 6.07) is 20.3. The normalized spacial score (nSPS) is 14.7. The number of carbonyl (C=O) groups is 2. The Balaban J connectivity index is 1.31. The van der Waals surface area contributed by atoms with Crippen LogP contribution in [0.1, 0.15) is 28.4 Å². The molecule has 0 aliphatic carbocycles. The van der Waals surface area contributed by atoms with Crippen LogP contribution in [0.5, 0.6) is 5.75 Å². The number of anilines is 3. The Kier molecular flexibility index (Phi) is 7.90. The molecule has 1 saturated heterocycles. The molecule has 1 heterocycles. The summed E-state index contributed by atoms with van der Waals surface area (Å²) in [6.45, 7) is 9.67. The summed E-state index contributed by atoms with van der Waals surface area (Å²) in [7, 11) is 1.56. The molecule has 1 atom stereocenters. The van der Waals surface area contributed by atoms with Crippen molar-refractivity contribution in [2.75, 3.05) is 48.8 Å². The number of hydrogen-bond donors (Lipinski definition) is 2. The van der Waals surface area contributed by atoms with Crippen LogP contribution < -0.4 is 20.3 Å². The van der Waals surface area contributed by atoms with Crippen molar-refractivity contribution >= 4 is 28.9 Å². The highest BCUT2D eigenvalue weighted by Crippen LogP contribution is 2.25. The second kappa shape index (κ2) is 11.3. The molecule has 0 spiro atoms. The van der Waals surface area contributed by atoms with Gasteiger partial charge in [-0.25, -0.2) is 0 Å². The first-order valence-corrected chi connectivity index (χ1v) is 12.3. The van der Waals surface area contributed by atoms with E-state index >= 15 is 0 Å². The third-order valence-electron chi connectivity index (χ3n) is 6.93. The zero-order chi connectivity index (χ0) is 25.7. The van der Waals surface area contributed by atoms with Gasteiger partial charge in [0, 0.05) is 43.1 Å². The summed E-state index contributed by atoms with van der Waals surface area (Å²) in [5, 5.41) is 5.85. The first-order valence-electron chi connectivity index (χ1n) is 12.3. The van der Waals surface area contributed by atoms with Gasteiger partial charge in [-0.05, 0) is 74.4 Å². The fraction of sp³-hybridized carbons (Fsp3) is 0.310. The van der Waals surface area contributed by atoms with Crippen molar-refractivity contribution in [1.29, 1.82) is 0 Å². The van der Waals surface area contributed by atoms with E-state index in [2.05, 4.69) is 52.5 Å². The standard InChI is InChI=1S/C29H34N4O3/c1-20-8-7-10-26(21(20)2)33-18-16-32(17-19-33)22(3)28(34)30-24-14-12-23(13-15-24)29(35)31-25-9-5-6-11-27(25)36-4/h5-15,22H,16-19H2,1-4H3,(H,30,34)(H,31,35). The van der Waals surface area contributed by atoms with E-state index in [4.69, 9.17) is 4.74 Å². The molecule has 0 aromatic heterocycles. The number of benzene rings is 3. The number of hydrogen-bond acceptors (Lipinski definition) is 5. The highest BCUT2D eigenvalue weighted by Gasteiger charge is 2.26. The monoisotopic (exact) mass is 486 g/mol. The Labute approximate surface area is 213 Å². The largest absolute Gasteiger partial charge is 0.495 e. The minimum Gasteiger partial charge on any atom is -0.495 e. The molecular formula is C29H34N4O3. The molecule has 188 valence electrons. The lowest BCUT2D eigenvalue weighted by molar-refractivity contribution is -0.120. The van der Waals surface area contributed by atoms with Gasteiger partial charge in [0.25, 0.3) is 5.91 Å². The predicted molar refractivity (Wildman–Crippen MR) is 145 cm³/mol. The highest BCUT2D eigenvalue weighted by atomic mass is 16.5. The second-order valence-corrected chi connectivity index (χ2v) is 9.14. The van der Waals surface area contributed by atoms with Crippen LogP contribution in [-0.2, 0) is 4.79 Å². The SMILES string of the molecule is COc1ccccc1NC(=O)c1ccc(NC(=O)C(C)N2CCN(c3cccc(C)c3C)CC2)cc1. The summed E-state index contributed by atoms with van der Waals surface area (Å²) in [6.07, 6.45) is 0. The van der Waals surface area contributed by atoms with E-state index in [1.165, 1.54) is 16.8 Å². The van der Waals surface area contributed by atoms with Crippen LogP contribution in [0.15, 0.2) is 66.7 Å². The average molecular weight is 487 g/mol. The van der Waals surface area contributed by atoms with Crippen LogP contribution in [0.2, 0.25) is 0 Å². The molecular weight excluding hydrogens is 452 g/mol. The second-order valence-electron chi connectivity index (χ2n) is 9.14. The van der Waals surface area contributed by atoms with Crippen molar-refractivity contribution < 1.29 is 14.3 Å². The molecule has 0 saturated carbocycles. The lowest BCUT2D eigenvalue weighted by atomic mass is 10.1. The summed E-state index contributed by atoms with van der Waals surface area (Å²) in [5.41, 5.74) is 5.66. The third kappa shape index (κ3) is 5.69. The molecule has 1 aliphatic rings. The molecule has 36 heavy (non-hydrogen) atoms. The smallest absolute Gasteiger partial charge is 0.255 e. The Hall–Kier alpha value is -3.84. The maximum absolute atomic E-state index is 12.9. The average Bonchev–Trinajstić information content (AvgIpc) is 2.90. The van der Waals surface area contributed by atoms with Gasteiger partial charge in [-0.15, -0.1) is 0 Å². The number of nitrogens with one attached hydrogen (secondary N) is 2. The van der Waals surface area contributed by atoms with Gasteiger partial charge in [0.1, 0.15) is 5.75 Å². The predicted octanol–water partition coefficient (Wildman–Crippen LogP) is 4.71. The lowest BCUT2D eigenvalue weighted by Gasteiger charge is -2.39. The molecule has 0 radical (unpaired) electrons. The Morgan fingerprint density at radius 1 is 0.861 bits per heavy atom. The van der Waals surface area contributed by atoms with Gasteiger partial charge in [-0.3, -0.25) is 14.5 Å². The van der Waals surface area contributed by atoms with E-state index in [9.17, 15) is 9.59 Å². The van der Waals surface area contributed by atoms with Gasteiger partial charge in [-0.2, -0.15) is 0 Å². The van der Waals surface area contributed by atoms with Gasteiger partial charge < -0.3 is 20.3 Å². The van der Waals surface area contributed by atoms with Crippen LogP contribution in [-0.4, -0.2) is 56.0 Å². The Morgan fingerprint density at radius 3 is 2.25 bits per heavy atom. The van der Waals surface area contributed by atoms with Crippen LogP contribution in [0.3, 0.4) is 0 Å². The van der Waals surface area contributed by atoms with E-state index in [0.717, 1.165) is 26.2 Å². The third-order valence-corrected chi connectivity index (χ3v) is 6.93. The number of aryl methyl sites for hydroxylation is 1. The quantitative estimate of drug-likeness (QED) is 0.506. The molecule has 1 unspecified atom stereocenters. The Bertz CT molecular complexity index is 1220. The maximum Gasteiger partial charge on any atom is 0.255 e. The van der Waals surface area contributed by atoms with Gasteiger partial charge in [-0.1, -0.05) is 24.3 Å². The molecule has 1 fully saturated rings. The number of rotatable bonds is 7. The molecule has 3 aromatic rings. The van der Waals surface area contributed by atoms with E-state index in [1.807, 2.05) is 19.1 Å². The minimum atomic E-state index is -0.251. The first-order chi connectivity index (χ1) is 17.4. The van der Waals surface area contributed by atoms with Gasteiger partial charge >= 0.3 is 0 Å². The van der Waals surface area contributed by atoms with Crippen LogP contribution in [0.25, 0.3) is 0 Å². The molecule has 7 heteroatoms. The van der Waals surface area contributed by atoms with Gasteiger partial charge in [0.05, 0.1) is 18.8 Å². The van der Waals surface area contributed by atoms with Crippen molar-refractivity contribution in [2.45, 2.75) is 26.8 Å². The number of amides is 2. The molecule has 2 amide bonds. The number of carbonyl (C=O) groups excluding carboxylic acids is 2. The summed E-state index contributed by atoms with van der Waals surface area (Å²) < 4.78 is 5.29. The number of nitrogens with zero attached hydrogens (tertiary/aromatic N) is 2. The molecule has 0 bridgehead atoms. The fourth-order valence-electron chi connectivity index (χ4n) is 4.49. The Morgan fingerprint density at radius 2 is 1.56 bits per heavy atom. The molecule has 3 aromatic carbocycles. The van der Waals surface area contributed by atoms with Gasteiger partial charge in [0.15, 0.2) is 0 Å². The molecule has 4 rings (SSSR count). The van der Waals surface area contributed by atoms with E-state index in [-0.39, 0.29) is 17.9 Å². The lowest BCUT2D eigenvalue weighted by Crippen LogP contribution is -2.53. The topological polar surface area (TPSA) is 73.9 Å². The number of piperazine rings is 1. The van der Waals surface area contributed by atoms with Crippen molar-refractivity contribution in [3.63, 3.8) is 0 Å².